The van der Waals surface area contributed by atoms with Crippen LogP contribution < -0.4 is 26.6 Å². The highest BCUT2D eigenvalue weighted by atomic mass is 19.4. The quantitative estimate of drug-likeness (QED) is 0.0597. The van der Waals surface area contributed by atoms with Gasteiger partial charge in [0, 0.05) is 42.2 Å². The van der Waals surface area contributed by atoms with Crippen molar-refractivity contribution in [1.29, 1.82) is 0 Å². The van der Waals surface area contributed by atoms with Crippen LogP contribution in [0, 0.1) is 18.8 Å². The van der Waals surface area contributed by atoms with E-state index < -0.39 is 59.2 Å². The molecule has 0 aliphatic heterocycles. The zero-order valence-electron chi connectivity index (χ0n) is 41.3. The number of hydrogen-bond acceptors (Lipinski definition) is 8. The first-order valence-corrected chi connectivity index (χ1v) is 24.4. The van der Waals surface area contributed by atoms with Crippen LogP contribution in [0.1, 0.15) is 133 Å². The maximum absolute atomic E-state index is 14.1. The van der Waals surface area contributed by atoms with E-state index in [1.54, 1.807) is 26.8 Å². The number of nitrogens with one attached hydrogen (secondary N) is 6. The Hall–Kier alpha value is -6.27. The van der Waals surface area contributed by atoms with Gasteiger partial charge in [-0.3, -0.25) is 14.4 Å². The van der Waals surface area contributed by atoms with Gasteiger partial charge in [-0.25, -0.2) is 14.6 Å². The van der Waals surface area contributed by atoms with Crippen molar-refractivity contribution in [2.75, 3.05) is 11.9 Å². The molecule has 2 fully saturated rings. The van der Waals surface area contributed by atoms with Crippen LogP contribution in [0.25, 0.3) is 22.2 Å². The number of aryl methyl sites for hydroxylation is 1. The predicted octanol–water partition coefficient (Wildman–Crippen LogP) is 10.5. The average molecular weight is 996 g/mol. The summed E-state index contributed by atoms with van der Waals surface area (Å²) in [4.78, 5) is 71.3. The molecule has 0 bridgehead atoms. The summed E-state index contributed by atoms with van der Waals surface area (Å²) >= 11 is 0. The maximum atomic E-state index is 14.1. The lowest BCUT2D eigenvalue weighted by Crippen LogP contribution is -2.48. The van der Waals surface area contributed by atoms with Crippen molar-refractivity contribution in [2.45, 2.75) is 161 Å². The molecule has 14 nitrogen and oxygen atoms in total. The Morgan fingerprint density at radius 2 is 1.39 bits per heavy atom. The molecule has 2 aliphatic carbocycles. The highest BCUT2D eigenvalue weighted by molar-refractivity contribution is 5.99. The molecule has 1 heterocycles. The van der Waals surface area contributed by atoms with Crippen LogP contribution in [0.5, 0.6) is 0 Å². The van der Waals surface area contributed by atoms with E-state index in [9.17, 15) is 45.9 Å². The molecule has 0 saturated heterocycles. The number of nitrogens with zero attached hydrogens (tertiary/aromatic N) is 1. The molecule has 386 valence electrons. The summed E-state index contributed by atoms with van der Waals surface area (Å²) in [6.45, 7) is 13.5. The van der Waals surface area contributed by atoms with Crippen LogP contribution in [0.2, 0.25) is 0 Å². The summed E-state index contributed by atoms with van der Waals surface area (Å²) in [6, 6.07) is 15.3. The molecule has 3 aromatic carbocycles. The number of rotatable bonds is 16. The molecule has 0 radical (unpaired) electrons. The Kier molecular flexibility index (Phi) is 17.1. The van der Waals surface area contributed by atoms with Gasteiger partial charge in [-0.05, 0) is 157 Å². The van der Waals surface area contributed by atoms with Crippen molar-refractivity contribution in [3.63, 3.8) is 0 Å². The van der Waals surface area contributed by atoms with Gasteiger partial charge in [-0.15, -0.1) is 0 Å². The third-order valence-corrected chi connectivity index (χ3v) is 13.6. The highest BCUT2D eigenvalue weighted by Gasteiger charge is 2.61. The summed E-state index contributed by atoms with van der Waals surface area (Å²) in [5, 5.41) is 14.5. The molecule has 2 aliphatic rings. The number of carbonyl (C=O) groups is 5. The summed E-state index contributed by atoms with van der Waals surface area (Å²) in [5.41, 5.74) is 2.33. The first-order valence-electron chi connectivity index (χ1n) is 24.4. The molecular formula is C52H66F5N7O7. The van der Waals surface area contributed by atoms with Crippen molar-refractivity contribution in [3.8, 4) is 11.1 Å². The smallest absolute Gasteiger partial charge is 0.444 e. The number of halogens is 5. The van der Waals surface area contributed by atoms with Gasteiger partial charge < -0.3 is 41.0 Å². The molecule has 1 unspecified atom stereocenters. The number of fused-ring (bicyclic) bond motifs is 1. The normalized spacial score (nSPS) is 19.3. The van der Waals surface area contributed by atoms with Gasteiger partial charge >= 0.3 is 24.3 Å². The number of H-pyrrole nitrogens is 1. The largest absolute Gasteiger partial charge is 0.461 e. The maximum Gasteiger partial charge on any atom is 0.461 e. The Labute approximate surface area is 410 Å². The van der Waals surface area contributed by atoms with Gasteiger partial charge in [0.2, 0.25) is 11.8 Å². The second-order valence-corrected chi connectivity index (χ2v) is 20.2. The molecule has 0 spiro atoms. The number of carbonyl (C=O) groups excluding carboxylic acids is 5. The number of alkyl carbamates (subject to hydrolysis) is 2. The third-order valence-electron chi connectivity index (χ3n) is 13.6. The molecule has 6 rings (SSSR count). The molecule has 1 atom stereocenters. The van der Waals surface area contributed by atoms with Crippen molar-refractivity contribution >= 4 is 46.6 Å². The van der Waals surface area contributed by atoms with Crippen LogP contribution in [0.3, 0.4) is 0 Å². The summed E-state index contributed by atoms with van der Waals surface area (Å²) in [6.07, 6.45) is -0.185. The van der Waals surface area contributed by atoms with Gasteiger partial charge in [-0.2, -0.15) is 22.0 Å². The number of aromatic nitrogens is 2. The van der Waals surface area contributed by atoms with Crippen LogP contribution in [0.15, 0.2) is 60.7 Å². The summed E-state index contributed by atoms with van der Waals surface area (Å²) in [5.74, 6) is -8.33. The van der Waals surface area contributed by atoms with Gasteiger partial charge in [0.05, 0.1) is 11.0 Å². The van der Waals surface area contributed by atoms with Crippen LogP contribution >= 0.6 is 0 Å². The zero-order valence-corrected chi connectivity index (χ0v) is 41.3. The van der Waals surface area contributed by atoms with E-state index in [1.807, 2.05) is 69.1 Å². The topological polar surface area (TPSA) is 193 Å². The average Bonchev–Trinajstić information content (AvgIpc) is 3.75. The molecule has 5 amide bonds. The molecular weight excluding hydrogens is 930 g/mol. The first kappa shape index (κ1) is 54.1. The van der Waals surface area contributed by atoms with Crippen molar-refractivity contribution in [2.24, 2.45) is 11.8 Å². The van der Waals surface area contributed by atoms with Gasteiger partial charge in [0.25, 0.3) is 5.91 Å². The van der Waals surface area contributed by atoms with Gasteiger partial charge in [0.15, 0.2) is 5.82 Å². The Morgan fingerprint density at radius 1 is 0.761 bits per heavy atom. The second kappa shape index (κ2) is 22.4. The van der Waals surface area contributed by atoms with E-state index >= 15 is 0 Å². The number of anilines is 1. The first-order chi connectivity index (χ1) is 33.3. The Morgan fingerprint density at radius 3 is 1.99 bits per heavy atom. The molecule has 2 saturated carbocycles. The number of imidazole rings is 1. The van der Waals surface area contributed by atoms with E-state index in [0.717, 1.165) is 29.5 Å². The van der Waals surface area contributed by atoms with E-state index in [0.29, 0.717) is 69.0 Å². The van der Waals surface area contributed by atoms with Crippen LogP contribution in [0.4, 0.5) is 37.2 Å². The summed E-state index contributed by atoms with van der Waals surface area (Å²) in [7, 11) is 0. The van der Waals surface area contributed by atoms with Crippen molar-refractivity contribution in [1.82, 2.24) is 31.2 Å². The van der Waals surface area contributed by atoms with Crippen molar-refractivity contribution < 1.29 is 55.4 Å². The molecule has 1 aromatic heterocycles. The Bertz CT molecular complexity index is 2520. The monoisotopic (exact) mass is 995 g/mol. The number of ether oxygens (including phenoxy) is 2. The predicted molar refractivity (Wildman–Crippen MR) is 259 cm³/mol. The minimum absolute atomic E-state index is 0.0264. The lowest BCUT2D eigenvalue weighted by atomic mass is 9.81. The number of amides is 5. The minimum atomic E-state index is -5.88. The fraction of sp³-hybridized carbons (Fsp3) is 0.538. The summed E-state index contributed by atoms with van der Waals surface area (Å²) < 4.78 is 78.5. The fourth-order valence-corrected chi connectivity index (χ4v) is 8.92. The number of benzene rings is 3. The second-order valence-electron chi connectivity index (χ2n) is 20.2. The molecule has 4 aromatic rings. The number of alkyl halides is 5. The van der Waals surface area contributed by atoms with Crippen LogP contribution in [-0.4, -0.2) is 81.9 Å². The Balaban J connectivity index is 1.09. The van der Waals surface area contributed by atoms with Gasteiger partial charge in [-0.1, -0.05) is 44.2 Å². The fourth-order valence-electron chi connectivity index (χ4n) is 8.92. The lowest BCUT2D eigenvalue weighted by Gasteiger charge is -2.32. The lowest BCUT2D eigenvalue weighted by molar-refractivity contribution is -0.292. The molecule has 19 heteroatoms. The standard InChI is InChI=1S/C52H66F5N7O7/c1-8-50(7,9-2)71-48(69)61-37-21-19-36(20-22-37)59-44(66)35-18-24-39(30(3)26-35)33-14-10-31(11-15-33)27-42(62-43(65)34-16-12-32(13-17-34)29-58-47(68)70-49(4,5)6)45(67)60-38-23-25-40-41(28-38)64-46(63-40)51(53,54)52(55,56)57/h10-11,14-15,18,23-26,28,32,34,36-37,42H,8-9,12-13,16-17,19-22,27,29H2,1-7H3,(H,58,68)(H,59,66)(H,60,67)(H,61,69)(H,62,65)(H,63,64). The highest BCUT2D eigenvalue weighted by Crippen LogP contribution is 2.43. The minimum Gasteiger partial charge on any atom is -0.444 e. The van der Waals surface area contributed by atoms with E-state index in [-0.39, 0.29) is 53.0 Å². The zero-order chi connectivity index (χ0) is 51.9. The number of hydrogen-bond donors (Lipinski definition) is 6. The molecule has 71 heavy (non-hydrogen) atoms. The number of aromatic amines is 1. The third kappa shape index (κ3) is 14.4. The van der Waals surface area contributed by atoms with E-state index in [1.165, 1.54) is 18.2 Å². The SMILES string of the molecule is CCC(C)(CC)OC(=O)NC1CCC(NC(=O)c2ccc(-c3ccc(CC(NC(=O)C4CCC(CNC(=O)OC(C)(C)C)CC4)C(=O)Nc4ccc5nc(C(F)(F)C(F)(F)F)[nH]c5c4)cc3)c(C)c2)CC1. The van der Waals surface area contributed by atoms with Crippen LogP contribution in [-0.2, 0) is 31.4 Å². The van der Waals surface area contributed by atoms with E-state index in [2.05, 4.69) is 31.6 Å². The molecule has 6 N–H and O–H groups in total. The van der Waals surface area contributed by atoms with E-state index in [4.69, 9.17) is 9.47 Å². The van der Waals surface area contributed by atoms with Crippen molar-refractivity contribution in [3.05, 3.63) is 83.2 Å². The van der Waals surface area contributed by atoms with Gasteiger partial charge in [0.1, 0.15) is 17.2 Å².